The minimum absolute atomic E-state index is 0.0715. The second-order valence-corrected chi connectivity index (χ2v) is 7.85. The van der Waals surface area contributed by atoms with Crippen molar-refractivity contribution >= 4 is 38.3 Å². The van der Waals surface area contributed by atoms with Crippen molar-refractivity contribution in [3.05, 3.63) is 78.4 Å². The van der Waals surface area contributed by atoms with Gasteiger partial charge in [0.25, 0.3) is 15.9 Å². The number of anilines is 2. The molecule has 0 saturated carbocycles. The SMILES string of the molecule is O=C(Nc1c(F)ccc(NS(=O)(=O)c2cccnc2)c1F)c1cnc2[nH]ccc2c1. The number of carbonyl (C=O) groups excluding carboxylic acids is 1. The highest BCUT2D eigenvalue weighted by Gasteiger charge is 2.22. The molecule has 0 fully saturated rings. The molecule has 3 aromatic heterocycles. The summed E-state index contributed by atoms with van der Waals surface area (Å²) in [6, 6.07) is 7.61. The lowest BCUT2D eigenvalue weighted by atomic mass is 10.2. The molecule has 152 valence electrons. The topological polar surface area (TPSA) is 117 Å². The summed E-state index contributed by atoms with van der Waals surface area (Å²) in [5, 5.41) is 2.77. The first-order valence-electron chi connectivity index (χ1n) is 8.50. The summed E-state index contributed by atoms with van der Waals surface area (Å²) < 4.78 is 55.8. The summed E-state index contributed by atoms with van der Waals surface area (Å²) in [6.07, 6.45) is 5.34. The Balaban J connectivity index is 1.63. The molecule has 30 heavy (non-hydrogen) atoms. The third kappa shape index (κ3) is 3.70. The van der Waals surface area contributed by atoms with E-state index in [2.05, 4.69) is 20.3 Å². The number of aromatic nitrogens is 3. The summed E-state index contributed by atoms with van der Waals surface area (Å²) in [5.41, 5.74) is -0.701. The van der Waals surface area contributed by atoms with E-state index < -0.39 is 38.9 Å². The van der Waals surface area contributed by atoms with Crippen molar-refractivity contribution in [2.24, 2.45) is 0 Å². The number of rotatable bonds is 5. The highest BCUT2D eigenvalue weighted by molar-refractivity contribution is 7.92. The molecule has 0 unspecified atom stereocenters. The van der Waals surface area contributed by atoms with Gasteiger partial charge in [-0.05, 0) is 36.4 Å². The van der Waals surface area contributed by atoms with Crippen LogP contribution in [0.5, 0.6) is 0 Å². The van der Waals surface area contributed by atoms with Crippen molar-refractivity contribution in [3.8, 4) is 0 Å². The van der Waals surface area contributed by atoms with Crippen LogP contribution < -0.4 is 10.0 Å². The molecule has 3 N–H and O–H groups in total. The van der Waals surface area contributed by atoms with Crippen LogP contribution in [0, 0.1) is 11.6 Å². The molecule has 3 heterocycles. The van der Waals surface area contributed by atoms with Gasteiger partial charge in [-0.15, -0.1) is 0 Å². The fourth-order valence-corrected chi connectivity index (χ4v) is 3.73. The lowest BCUT2D eigenvalue weighted by Gasteiger charge is -2.13. The molecule has 0 spiro atoms. The minimum Gasteiger partial charge on any atom is -0.346 e. The van der Waals surface area contributed by atoms with Gasteiger partial charge in [0.15, 0.2) is 5.82 Å². The van der Waals surface area contributed by atoms with Crippen LogP contribution in [0.1, 0.15) is 10.4 Å². The van der Waals surface area contributed by atoms with Gasteiger partial charge in [0.05, 0.1) is 11.3 Å². The third-order valence-corrected chi connectivity index (χ3v) is 5.53. The molecule has 11 heteroatoms. The van der Waals surface area contributed by atoms with Gasteiger partial charge in [-0.25, -0.2) is 22.2 Å². The summed E-state index contributed by atoms with van der Waals surface area (Å²) in [7, 11) is -4.17. The average molecular weight is 429 g/mol. The zero-order chi connectivity index (χ0) is 21.3. The summed E-state index contributed by atoms with van der Waals surface area (Å²) in [5.74, 6) is -3.15. The number of nitrogens with zero attached hydrogens (tertiary/aromatic N) is 2. The van der Waals surface area contributed by atoms with Crippen LogP contribution in [-0.4, -0.2) is 29.3 Å². The Morgan fingerprint density at radius 1 is 1.10 bits per heavy atom. The predicted molar refractivity (Wildman–Crippen MR) is 105 cm³/mol. The van der Waals surface area contributed by atoms with Gasteiger partial charge in [-0.1, -0.05) is 0 Å². The van der Waals surface area contributed by atoms with Gasteiger partial charge in [0, 0.05) is 30.2 Å². The van der Waals surface area contributed by atoms with Crippen molar-refractivity contribution in [1.29, 1.82) is 0 Å². The van der Waals surface area contributed by atoms with E-state index in [0.717, 1.165) is 18.3 Å². The van der Waals surface area contributed by atoms with Crippen molar-refractivity contribution in [1.82, 2.24) is 15.0 Å². The average Bonchev–Trinajstić information content (AvgIpc) is 3.21. The number of carbonyl (C=O) groups is 1. The number of amides is 1. The molecule has 0 bridgehead atoms. The van der Waals surface area contributed by atoms with Gasteiger partial charge in [-0.3, -0.25) is 14.5 Å². The normalized spacial score (nSPS) is 11.4. The maximum absolute atomic E-state index is 14.8. The molecule has 0 aliphatic heterocycles. The van der Waals surface area contributed by atoms with E-state index in [1.54, 1.807) is 12.3 Å². The molecule has 0 atom stereocenters. The number of fused-ring (bicyclic) bond motifs is 1. The summed E-state index contributed by atoms with van der Waals surface area (Å²) >= 11 is 0. The Morgan fingerprint density at radius 2 is 1.93 bits per heavy atom. The number of H-pyrrole nitrogens is 1. The molecule has 1 amide bonds. The zero-order valence-electron chi connectivity index (χ0n) is 15.1. The monoisotopic (exact) mass is 429 g/mol. The Kier molecular flexibility index (Phi) is 4.88. The smallest absolute Gasteiger partial charge is 0.263 e. The maximum Gasteiger partial charge on any atom is 0.263 e. The van der Waals surface area contributed by atoms with Gasteiger partial charge >= 0.3 is 0 Å². The number of nitrogens with one attached hydrogen (secondary N) is 3. The van der Waals surface area contributed by atoms with Crippen LogP contribution in [0.2, 0.25) is 0 Å². The van der Waals surface area contributed by atoms with Crippen LogP contribution in [0.4, 0.5) is 20.2 Å². The molecule has 0 aliphatic carbocycles. The standard InChI is InChI=1S/C19H13F2N5O3S/c20-14-3-4-15(26-30(28,29)13-2-1-6-22-10-13)16(21)17(14)25-19(27)12-8-11-5-7-23-18(11)24-9-12/h1-10,26H,(H,23,24)(H,25,27). The molecule has 0 aliphatic rings. The maximum atomic E-state index is 14.8. The number of sulfonamides is 1. The van der Waals surface area contributed by atoms with Crippen molar-refractivity contribution in [3.63, 3.8) is 0 Å². The van der Waals surface area contributed by atoms with E-state index in [-0.39, 0.29) is 10.5 Å². The molecule has 0 saturated heterocycles. The van der Waals surface area contributed by atoms with Crippen molar-refractivity contribution in [2.45, 2.75) is 4.90 Å². The van der Waals surface area contributed by atoms with Gasteiger partial charge in [0.1, 0.15) is 22.0 Å². The van der Waals surface area contributed by atoms with Gasteiger partial charge < -0.3 is 10.3 Å². The fraction of sp³-hybridized carbons (Fsp3) is 0. The highest BCUT2D eigenvalue weighted by Crippen LogP contribution is 2.28. The number of hydrogen-bond acceptors (Lipinski definition) is 5. The van der Waals surface area contributed by atoms with E-state index >= 15 is 0 Å². The van der Waals surface area contributed by atoms with E-state index in [1.165, 1.54) is 30.6 Å². The van der Waals surface area contributed by atoms with Crippen molar-refractivity contribution in [2.75, 3.05) is 10.0 Å². The van der Waals surface area contributed by atoms with Crippen LogP contribution in [-0.2, 0) is 10.0 Å². The second kappa shape index (κ2) is 7.52. The zero-order valence-corrected chi connectivity index (χ0v) is 15.9. The number of pyridine rings is 2. The van der Waals surface area contributed by atoms with Crippen LogP contribution in [0.15, 0.2) is 66.1 Å². The molecule has 8 nitrogen and oxygen atoms in total. The number of benzene rings is 1. The Bertz CT molecular complexity index is 1360. The highest BCUT2D eigenvalue weighted by atomic mass is 32.2. The van der Waals surface area contributed by atoms with Crippen LogP contribution >= 0.6 is 0 Å². The largest absolute Gasteiger partial charge is 0.346 e. The quantitative estimate of drug-likeness (QED) is 0.450. The lowest BCUT2D eigenvalue weighted by Crippen LogP contribution is -2.18. The fourth-order valence-electron chi connectivity index (χ4n) is 2.71. The molecular weight excluding hydrogens is 416 g/mol. The number of hydrogen-bond donors (Lipinski definition) is 3. The van der Waals surface area contributed by atoms with E-state index in [9.17, 15) is 22.0 Å². The van der Waals surface area contributed by atoms with Crippen LogP contribution in [0.3, 0.4) is 0 Å². The molecule has 4 aromatic rings. The third-order valence-electron chi connectivity index (χ3n) is 4.18. The van der Waals surface area contributed by atoms with Gasteiger partial charge in [-0.2, -0.15) is 0 Å². The first kappa shape index (κ1) is 19.5. The first-order valence-corrected chi connectivity index (χ1v) is 9.99. The lowest BCUT2D eigenvalue weighted by molar-refractivity contribution is 0.102. The Hall–Kier alpha value is -3.86. The summed E-state index contributed by atoms with van der Waals surface area (Å²) in [4.78, 5) is 22.9. The van der Waals surface area contributed by atoms with Gasteiger partial charge in [0.2, 0.25) is 0 Å². The first-order chi connectivity index (χ1) is 14.3. The molecular formula is C19H13F2N5O3S. The molecule has 0 radical (unpaired) electrons. The van der Waals surface area contributed by atoms with Crippen molar-refractivity contribution < 1.29 is 22.0 Å². The molecule has 1 aromatic carbocycles. The second-order valence-electron chi connectivity index (χ2n) is 6.17. The number of aromatic amines is 1. The Labute approximate surface area is 169 Å². The van der Waals surface area contributed by atoms with Crippen LogP contribution in [0.25, 0.3) is 11.0 Å². The number of halogens is 2. The van der Waals surface area contributed by atoms with E-state index in [0.29, 0.717) is 11.0 Å². The Morgan fingerprint density at radius 3 is 2.70 bits per heavy atom. The predicted octanol–water partition coefficient (Wildman–Crippen LogP) is 3.29. The summed E-state index contributed by atoms with van der Waals surface area (Å²) in [6.45, 7) is 0. The van der Waals surface area contributed by atoms with E-state index in [1.807, 2.05) is 4.72 Å². The molecule has 4 rings (SSSR count). The minimum atomic E-state index is -4.17. The van der Waals surface area contributed by atoms with E-state index in [4.69, 9.17) is 0 Å².